The van der Waals surface area contributed by atoms with Crippen molar-refractivity contribution in [1.29, 1.82) is 0 Å². The Hall–Kier alpha value is -2.69. The van der Waals surface area contributed by atoms with Gasteiger partial charge in [0.05, 0.1) is 5.56 Å². The SMILES string of the molecule is Cc1c(O)nc(-c2nccc3ccccc23)[nH]c1=O. The van der Waals surface area contributed by atoms with Crippen molar-refractivity contribution >= 4 is 10.8 Å². The Morgan fingerprint density at radius 2 is 2.00 bits per heavy atom. The molecule has 0 atom stereocenters. The molecule has 0 aliphatic heterocycles. The van der Waals surface area contributed by atoms with Crippen LogP contribution in [0.3, 0.4) is 0 Å². The molecule has 0 fully saturated rings. The second kappa shape index (κ2) is 4.20. The number of H-pyrrole nitrogens is 1. The van der Waals surface area contributed by atoms with E-state index in [4.69, 9.17) is 0 Å². The van der Waals surface area contributed by atoms with E-state index in [-0.39, 0.29) is 22.8 Å². The van der Waals surface area contributed by atoms with Gasteiger partial charge >= 0.3 is 0 Å². The molecule has 0 amide bonds. The van der Waals surface area contributed by atoms with E-state index in [2.05, 4.69) is 15.0 Å². The topological polar surface area (TPSA) is 78.9 Å². The van der Waals surface area contributed by atoms with E-state index >= 15 is 0 Å². The lowest BCUT2D eigenvalue weighted by molar-refractivity contribution is 0.447. The number of aromatic hydroxyl groups is 1. The Morgan fingerprint density at radius 1 is 1.21 bits per heavy atom. The minimum Gasteiger partial charge on any atom is -0.493 e. The van der Waals surface area contributed by atoms with Gasteiger partial charge in [-0.15, -0.1) is 0 Å². The smallest absolute Gasteiger partial charge is 0.257 e. The Kier molecular flexibility index (Phi) is 2.52. The molecule has 0 saturated heterocycles. The summed E-state index contributed by atoms with van der Waals surface area (Å²) >= 11 is 0. The maximum atomic E-state index is 11.7. The van der Waals surface area contributed by atoms with Crippen LogP contribution in [-0.2, 0) is 0 Å². The Balaban J connectivity index is 2.34. The average molecular weight is 253 g/mol. The first kappa shape index (κ1) is 11.4. The van der Waals surface area contributed by atoms with Gasteiger partial charge in [-0.2, -0.15) is 4.98 Å². The lowest BCUT2D eigenvalue weighted by Crippen LogP contribution is -2.12. The van der Waals surface area contributed by atoms with E-state index in [9.17, 15) is 9.90 Å². The van der Waals surface area contributed by atoms with Gasteiger partial charge in [-0.05, 0) is 18.4 Å². The fourth-order valence-corrected chi connectivity index (χ4v) is 1.94. The van der Waals surface area contributed by atoms with E-state index in [0.29, 0.717) is 5.69 Å². The van der Waals surface area contributed by atoms with Gasteiger partial charge in [0.25, 0.3) is 5.56 Å². The number of nitrogens with zero attached hydrogens (tertiary/aromatic N) is 2. The Bertz CT molecular complexity index is 819. The van der Waals surface area contributed by atoms with Crippen molar-refractivity contribution in [2.75, 3.05) is 0 Å². The monoisotopic (exact) mass is 253 g/mol. The fraction of sp³-hybridized carbons (Fsp3) is 0.0714. The van der Waals surface area contributed by atoms with Crippen molar-refractivity contribution in [2.24, 2.45) is 0 Å². The van der Waals surface area contributed by atoms with Crippen LogP contribution in [0.15, 0.2) is 41.3 Å². The number of hydrogen-bond donors (Lipinski definition) is 2. The highest BCUT2D eigenvalue weighted by atomic mass is 16.3. The minimum atomic E-state index is -0.364. The molecule has 19 heavy (non-hydrogen) atoms. The number of fused-ring (bicyclic) bond motifs is 1. The second-order valence-electron chi connectivity index (χ2n) is 4.24. The molecule has 0 aliphatic rings. The predicted molar refractivity (Wildman–Crippen MR) is 72.0 cm³/mol. The van der Waals surface area contributed by atoms with Gasteiger partial charge in [0.2, 0.25) is 5.88 Å². The summed E-state index contributed by atoms with van der Waals surface area (Å²) < 4.78 is 0. The van der Waals surface area contributed by atoms with Crippen LogP contribution in [-0.4, -0.2) is 20.1 Å². The molecule has 1 aromatic carbocycles. The summed E-state index contributed by atoms with van der Waals surface area (Å²) in [6.07, 6.45) is 1.65. The minimum absolute atomic E-state index is 0.198. The summed E-state index contributed by atoms with van der Waals surface area (Å²) in [7, 11) is 0. The molecule has 3 rings (SSSR count). The zero-order chi connectivity index (χ0) is 13.4. The fourth-order valence-electron chi connectivity index (χ4n) is 1.94. The van der Waals surface area contributed by atoms with Gasteiger partial charge in [0.15, 0.2) is 5.82 Å². The van der Waals surface area contributed by atoms with Crippen LogP contribution in [0.1, 0.15) is 5.56 Å². The first-order chi connectivity index (χ1) is 9.16. The lowest BCUT2D eigenvalue weighted by Gasteiger charge is -2.05. The van der Waals surface area contributed by atoms with Crippen molar-refractivity contribution in [2.45, 2.75) is 6.92 Å². The Labute approximate surface area is 108 Å². The summed E-state index contributed by atoms with van der Waals surface area (Å²) in [5, 5.41) is 11.5. The zero-order valence-corrected chi connectivity index (χ0v) is 10.2. The maximum Gasteiger partial charge on any atom is 0.257 e. The Morgan fingerprint density at radius 3 is 2.79 bits per heavy atom. The average Bonchev–Trinajstić information content (AvgIpc) is 2.43. The summed E-state index contributed by atoms with van der Waals surface area (Å²) in [6.45, 7) is 1.52. The van der Waals surface area contributed by atoms with E-state index in [1.807, 2.05) is 30.3 Å². The number of nitrogens with one attached hydrogen (secondary N) is 1. The maximum absolute atomic E-state index is 11.7. The molecule has 3 aromatic rings. The van der Waals surface area contributed by atoms with Crippen LogP contribution < -0.4 is 5.56 Å². The van der Waals surface area contributed by atoms with Crippen molar-refractivity contribution in [1.82, 2.24) is 15.0 Å². The molecule has 0 radical (unpaired) electrons. The molecular weight excluding hydrogens is 242 g/mol. The first-order valence-electron chi connectivity index (χ1n) is 5.81. The highest BCUT2D eigenvalue weighted by Gasteiger charge is 2.11. The highest BCUT2D eigenvalue weighted by molar-refractivity contribution is 5.92. The number of pyridine rings is 1. The van der Waals surface area contributed by atoms with Crippen LogP contribution >= 0.6 is 0 Å². The second-order valence-corrected chi connectivity index (χ2v) is 4.24. The van der Waals surface area contributed by atoms with Crippen molar-refractivity contribution < 1.29 is 5.11 Å². The van der Waals surface area contributed by atoms with Crippen LogP contribution in [0.4, 0.5) is 0 Å². The van der Waals surface area contributed by atoms with Gasteiger partial charge in [-0.1, -0.05) is 24.3 Å². The van der Waals surface area contributed by atoms with Crippen molar-refractivity contribution in [3.63, 3.8) is 0 Å². The number of rotatable bonds is 1. The van der Waals surface area contributed by atoms with E-state index in [1.54, 1.807) is 6.20 Å². The summed E-state index contributed by atoms with van der Waals surface area (Å²) in [5.74, 6) is -0.00150. The van der Waals surface area contributed by atoms with Crippen molar-refractivity contribution in [3.8, 4) is 17.4 Å². The third-order valence-corrected chi connectivity index (χ3v) is 3.02. The normalized spacial score (nSPS) is 10.8. The summed E-state index contributed by atoms with van der Waals surface area (Å²) in [5.41, 5.74) is 0.381. The van der Waals surface area contributed by atoms with Gasteiger partial charge in [-0.3, -0.25) is 9.78 Å². The summed E-state index contributed by atoms with van der Waals surface area (Å²) in [4.78, 5) is 22.6. The van der Waals surface area contributed by atoms with Gasteiger partial charge in [0.1, 0.15) is 5.69 Å². The summed E-state index contributed by atoms with van der Waals surface area (Å²) in [6, 6.07) is 9.54. The number of benzene rings is 1. The first-order valence-corrected chi connectivity index (χ1v) is 5.81. The van der Waals surface area contributed by atoms with Crippen LogP contribution in [0.25, 0.3) is 22.3 Å². The molecule has 0 aliphatic carbocycles. The van der Waals surface area contributed by atoms with Gasteiger partial charge in [-0.25, -0.2) is 0 Å². The molecule has 0 spiro atoms. The third kappa shape index (κ3) is 1.85. The van der Waals surface area contributed by atoms with E-state index in [1.165, 1.54) is 6.92 Å². The lowest BCUT2D eigenvalue weighted by atomic mass is 10.1. The van der Waals surface area contributed by atoms with Crippen LogP contribution in [0.2, 0.25) is 0 Å². The molecule has 5 heteroatoms. The van der Waals surface area contributed by atoms with Crippen LogP contribution in [0.5, 0.6) is 5.88 Å². The highest BCUT2D eigenvalue weighted by Crippen LogP contribution is 2.24. The third-order valence-electron chi connectivity index (χ3n) is 3.02. The molecule has 2 heterocycles. The van der Waals surface area contributed by atoms with E-state index in [0.717, 1.165) is 10.8 Å². The molecule has 2 N–H and O–H groups in total. The number of aromatic nitrogens is 3. The molecule has 0 unspecified atom stereocenters. The largest absolute Gasteiger partial charge is 0.493 e. The number of hydrogen-bond acceptors (Lipinski definition) is 4. The molecule has 0 bridgehead atoms. The molecule has 5 nitrogen and oxygen atoms in total. The molecular formula is C14H11N3O2. The quantitative estimate of drug-likeness (QED) is 0.695. The number of aromatic amines is 1. The predicted octanol–water partition coefficient (Wildman–Crippen LogP) is 2.00. The van der Waals surface area contributed by atoms with Crippen LogP contribution in [0, 0.1) is 6.92 Å². The van der Waals surface area contributed by atoms with Crippen molar-refractivity contribution in [3.05, 3.63) is 52.4 Å². The van der Waals surface area contributed by atoms with E-state index < -0.39 is 0 Å². The van der Waals surface area contributed by atoms with Gasteiger partial charge in [0, 0.05) is 11.6 Å². The molecule has 2 aromatic heterocycles. The molecule has 94 valence electrons. The molecule has 0 saturated carbocycles. The van der Waals surface area contributed by atoms with Gasteiger partial charge < -0.3 is 10.1 Å². The standard InChI is InChI=1S/C14H11N3O2/c1-8-13(18)16-12(17-14(8)19)11-10-5-3-2-4-9(10)6-7-15-11/h2-7H,1H3,(H2,16,17,18,19). The zero-order valence-electron chi connectivity index (χ0n) is 10.2.